The molecule has 2 atom stereocenters. The van der Waals surface area contributed by atoms with E-state index in [0.717, 1.165) is 13.1 Å². The van der Waals surface area contributed by atoms with E-state index < -0.39 is 5.97 Å². The van der Waals surface area contributed by atoms with Crippen molar-refractivity contribution in [3.05, 3.63) is 45.5 Å². The van der Waals surface area contributed by atoms with Crippen LogP contribution in [0.4, 0.5) is 0 Å². The van der Waals surface area contributed by atoms with Crippen molar-refractivity contribution in [2.45, 2.75) is 19.4 Å². The average Bonchev–Trinajstić information content (AvgIpc) is 3.18. The van der Waals surface area contributed by atoms with Gasteiger partial charge in [0.1, 0.15) is 17.1 Å². The molecule has 1 fully saturated rings. The van der Waals surface area contributed by atoms with Crippen LogP contribution in [0.15, 0.2) is 27.3 Å². The van der Waals surface area contributed by atoms with Gasteiger partial charge in [0.05, 0.1) is 6.54 Å². The summed E-state index contributed by atoms with van der Waals surface area (Å²) in [4.78, 5) is 13.3. The van der Waals surface area contributed by atoms with Crippen LogP contribution in [-0.4, -0.2) is 40.8 Å². The number of likely N-dealkylation sites (tertiary alicyclic amines) is 1. The van der Waals surface area contributed by atoms with E-state index in [4.69, 9.17) is 9.52 Å². The van der Waals surface area contributed by atoms with E-state index in [1.165, 1.54) is 5.56 Å². The Kier molecular flexibility index (Phi) is 4.33. The molecule has 2 N–H and O–H groups in total. The number of carboxylic acid groups (broad SMARTS) is 1. The zero-order valence-electron chi connectivity index (χ0n) is 12.4. The average molecular weight is 321 g/mol. The molecular formula is C16H19NO4S. The number of carbonyl (C=O) groups is 1. The smallest absolute Gasteiger partial charge is 0.339 e. The van der Waals surface area contributed by atoms with Crippen molar-refractivity contribution in [1.29, 1.82) is 0 Å². The Morgan fingerprint density at radius 2 is 2.32 bits per heavy atom. The standard InChI is InChI=1S/C16H19NO4S/c1-10-14(16(19)20)4-13(21-10)6-17-5-12(8-18)15(7-17)11-2-3-22-9-11/h2-4,9,12,15,18H,5-8H2,1H3,(H,19,20)/t12-,15-/m0/s1. The SMILES string of the molecule is Cc1oc(CN2C[C@@H](CO)[C@H](c3ccsc3)C2)cc1C(=O)O. The fourth-order valence-electron chi connectivity index (χ4n) is 3.19. The normalized spacial score (nSPS) is 22.3. The van der Waals surface area contributed by atoms with Crippen LogP contribution in [-0.2, 0) is 6.54 Å². The lowest BCUT2D eigenvalue weighted by molar-refractivity contribution is 0.0695. The minimum atomic E-state index is -0.960. The van der Waals surface area contributed by atoms with E-state index in [-0.39, 0.29) is 18.1 Å². The van der Waals surface area contributed by atoms with E-state index >= 15 is 0 Å². The molecule has 6 heteroatoms. The summed E-state index contributed by atoms with van der Waals surface area (Å²) in [6, 6.07) is 3.71. The highest BCUT2D eigenvalue weighted by Crippen LogP contribution is 2.34. The molecule has 0 amide bonds. The molecule has 1 aliphatic heterocycles. The van der Waals surface area contributed by atoms with Crippen LogP contribution in [0.5, 0.6) is 0 Å². The van der Waals surface area contributed by atoms with Crippen molar-refractivity contribution in [2.75, 3.05) is 19.7 Å². The summed E-state index contributed by atoms with van der Waals surface area (Å²) < 4.78 is 5.55. The molecule has 118 valence electrons. The Morgan fingerprint density at radius 1 is 1.50 bits per heavy atom. The first-order valence-corrected chi connectivity index (χ1v) is 8.20. The first-order valence-electron chi connectivity index (χ1n) is 7.26. The molecule has 2 aromatic rings. The molecule has 0 saturated carbocycles. The number of aliphatic hydroxyl groups is 1. The molecule has 0 aromatic carbocycles. The van der Waals surface area contributed by atoms with Gasteiger partial charge in [-0.25, -0.2) is 4.79 Å². The van der Waals surface area contributed by atoms with Crippen LogP contribution in [0.3, 0.4) is 0 Å². The van der Waals surface area contributed by atoms with Gasteiger partial charge in [0, 0.05) is 31.5 Å². The number of thiophene rings is 1. The van der Waals surface area contributed by atoms with E-state index in [1.807, 2.05) is 0 Å². The molecule has 0 unspecified atom stereocenters. The van der Waals surface area contributed by atoms with Crippen LogP contribution < -0.4 is 0 Å². The van der Waals surface area contributed by atoms with Crippen LogP contribution >= 0.6 is 11.3 Å². The van der Waals surface area contributed by atoms with Crippen molar-refractivity contribution >= 4 is 17.3 Å². The summed E-state index contributed by atoms with van der Waals surface area (Å²) in [5.74, 6) is 0.682. The lowest BCUT2D eigenvalue weighted by atomic mass is 9.92. The molecule has 1 saturated heterocycles. The quantitative estimate of drug-likeness (QED) is 0.885. The predicted molar refractivity (Wildman–Crippen MR) is 83.3 cm³/mol. The Labute approximate surface area is 132 Å². The van der Waals surface area contributed by atoms with Gasteiger partial charge in [0.2, 0.25) is 0 Å². The highest BCUT2D eigenvalue weighted by Gasteiger charge is 2.34. The van der Waals surface area contributed by atoms with E-state index in [2.05, 4.69) is 21.7 Å². The fourth-order valence-corrected chi connectivity index (χ4v) is 3.92. The maximum absolute atomic E-state index is 11.1. The number of aryl methyl sites for hydroxylation is 1. The molecule has 5 nitrogen and oxygen atoms in total. The topological polar surface area (TPSA) is 73.9 Å². The number of rotatable bonds is 5. The maximum Gasteiger partial charge on any atom is 0.339 e. The molecule has 0 radical (unpaired) electrons. The van der Waals surface area contributed by atoms with Gasteiger partial charge >= 0.3 is 5.97 Å². The summed E-state index contributed by atoms with van der Waals surface area (Å²) in [5.41, 5.74) is 1.50. The first kappa shape index (κ1) is 15.3. The van der Waals surface area contributed by atoms with Gasteiger partial charge in [-0.15, -0.1) is 0 Å². The number of aromatic carboxylic acids is 1. The summed E-state index contributed by atoms with van der Waals surface area (Å²) >= 11 is 1.67. The molecule has 3 rings (SSSR count). The largest absolute Gasteiger partial charge is 0.478 e. The van der Waals surface area contributed by atoms with Crippen molar-refractivity contribution in [2.24, 2.45) is 5.92 Å². The highest BCUT2D eigenvalue weighted by molar-refractivity contribution is 7.08. The number of hydrogen-bond donors (Lipinski definition) is 2. The number of furan rings is 1. The van der Waals surface area contributed by atoms with Gasteiger partial charge < -0.3 is 14.6 Å². The van der Waals surface area contributed by atoms with E-state index in [1.54, 1.807) is 24.3 Å². The summed E-state index contributed by atoms with van der Waals surface area (Å²) in [6.45, 7) is 4.05. The monoisotopic (exact) mass is 321 g/mol. The van der Waals surface area contributed by atoms with Crippen molar-refractivity contribution in [3.8, 4) is 0 Å². The van der Waals surface area contributed by atoms with Gasteiger partial charge in [-0.1, -0.05) is 0 Å². The second-order valence-corrected chi connectivity index (χ2v) is 6.57. The Morgan fingerprint density at radius 3 is 2.91 bits per heavy atom. The number of aliphatic hydroxyl groups excluding tert-OH is 1. The zero-order chi connectivity index (χ0) is 15.7. The van der Waals surface area contributed by atoms with Gasteiger partial charge in [-0.05, 0) is 35.4 Å². The molecule has 3 heterocycles. The van der Waals surface area contributed by atoms with E-state index in [0.29, 0.717) is 24.0 Å². The van der Waals surface area contributed by atoms with E-state index in [9.17, 15) is 9.90 Å². The van der Waals surface area contributed by atoms with Crippen LogP contribution in [0, 0.1) is 12.8 Å². The minimum absolute atomic E-state index is 0.161. The van der Waals surface area contributed by atoms with Crippen molar-refractivity contribution in [1.82, 2.24) is 4.90 Å². The number of carboxylic acids is 1. The summed E-state index contributed by atoms with van der Waals surface area (Å²) in [6.07, 6.45) is 0. The lowest BCUT2D eigenvalue weighted by Gasteiger charge is -2.14. The third-order valence-electron chi connectivity index (χ3n) is 4.30. The van der Waals surface area contributed by atoms with Crippen molar-refractivity contribution < 1.29 is 19.4 Å². The molecule has 22 heavy (non-hydrogen) atoms. The van der Waals surface area contributed by atoms with Gasteiger partial charge in [-0.2, -0.15) is 11.3 Å². The van der Waals surface area contributed by atoms with Crippen molar-refractivity contribution in [3.63, 3.8) is 0 Å². The Balaban J connectivity index is 1.71. The minimum Gasteiger partial charge on any atom is -0.478 e. The molecule has 2 aromatic heterocycles. The number of hydrogen-bond acceptors (Lipinski definition) is 5. The molecular weight excluding hydrogens is 302 g/mol. The molecule has 0 bridgehead atoms. The second-order valence-electron chi connectivity index (χ2n) is 5.79. The summed E-state index contributed by atoms with van der Waals surface area (Å²) in [7, 11) is 0. The lowest BCUT2D eigenvalue weighted by Crippen LogP contribution is -2.20. The maximum atomic E-state index is 11.1. The number of nitrogens with zero attached hydrogens (tertiary/aromatic N) is 1. The third kappa shape index (κ3) is 2.95. The van der Waals surface area contributed by atoms with Crippen LogP contribution in [0.1, 0.15) is 33.4 Å². The third-order valence-corrected chi connectivity index (χ3v) is 5.00. The van der Waals surface area contributed by atoms with Gasteiger partial charge in [0.25, 0.3) is 0 Å². The summed E-state index contributed by atoms with van der Waals surface area (Å²) in [5, 5.41) is 22.9. The molecule has 0 spiro atoms. The fraction of sp³-hybridized carbons (Fsp3) is 0.438. The predicted octanol–water partition coefficient (Wildman–Crippen LogP) is 2.56. The second kappa shape index (κ2) is 6.24. The zero-order valence-corrected chi connectivity index (χ0v) is 13.2. The first-order chi connectivity index (χ1) is 10.6. The van der Waals surface area contributed by atoms with Crippen LogP contribution in [0.25, 0.3) is 0 Å². The molecule has 0 aliphatic carbocycles. The van der Waals surface area contributed by atoms with Gasteiger partial charge in [0.15, 0.2) is 0 Å². The molecule has 1 aliphatic rings. The van der Waals surface area contributed by atoms with Crippen LogP contribution in [0.2, 0.25) is 0 Å². The highest BCUT2D eigenvalue weighted by atomic mass is 32.1. The van der Waals surface area contributed by atoms with Gasteiger partial charge in [-0.3, -0.25) is 4.90 Å². The Hall–Kier alpha value is -1.63. The Bertz CT molecular complexity index is 649.